The van der Waals surface area contributed by atoms with E-state index in [1.807, 2.05) is 0 Å². The van der Waals surface area contributed by atoms with Gasteiger partial charge in [0.05, 0.1) is 0 Å². The first-order chi connectivity index (χ1) is 9.82. The summed E-state index contributed by atoms with van der Waals surface area (Å²) >= 11 is 5.55. The van der Waals surface area contributed by atoms with Crippen LogP contribution < -0.4 is 10.6 Å². The first-order valence-electron chi connectivity index (χ1n) is 6.14. The van der Waals surface area contributed by atoms with E-state index >= 15 is 0 Å². The average Bonchev–Trinajstić information content (AvgIpc) is 2.40. The normalized spacial score (nSPS) is 20.7. The molecule has 2 N–H and O–H groups in total. The van der Waals surface area contributed by atoms with Gasteiger partial charge in [-0.05, 0) is 11.6 Å². The molecule has 0 radical (unpaired) electrons. The molecule has 2 aliphatic rings. The molecule has 10 heteroatoms. The number of anilines is 2. The summed E-state index contributed by atoms with van der Waals surface area (Å²) in [7, 11) is 0. The van der Waals surface area contributed by atoms with Crippen molar-refractivity contribution in [1.29, 1.82) is 0 Å². The lowest BCUT2D eigenvalue weighted by Crippen LogP contribution is -2.56. The number of ether oxygens (including phenoxy) is 1. The fraction of sp³-hybridized carbons (Fsp3) is 0.545. The lowest BCUT2D eigenvalue weighted by atomic mass is 9.87. The number of fused-ring (bicyclic) bond motifs is 1. The third kappa shape index (κ3) is 2.40. The van der Waals surface area contributed by atoms with Gasteiger partial charge in [-0.1, -0.05) is 0 Å². The van der Waals surface area contributed by atoms with E-state index in [0.717, 1.165) is 0 Å². The van der Waals surface area contributed by atoms with Crippen LogP contribution in [0.1, 0.15) is 18.5 Å². The Morgan fingerprint density at radius 2 is 1.90 bits per heavy atom. The van der Waals surface area contributed by atoms with Crippen LogP contribution in [0.15, 0.2) is 0 Å². The fourth-order valence-electron chi connectivity index (χ4n) is 2.44. The van der Waals surface area contributed by atoms with Crippen molar-refractivity contribution in [3.8, 4) is 0 Å². The van der Waals surface area contributed by atoms with Crippen molar-refractivity contribution in [3.63, 3.8) is 0 Å². The van der Waals surface area contributed by atoms with Crippen LogP contribution >= 0.6 is 11.6 Å². The van der Waals surface area contributed by atoms with Gasteiger partial charge < -0.3 is 15.4 Å². The number of hydrogen-bond acceptors (Lipinski definition) is 5. The van der Waals surface area contributed by atoms with E-state index in [2.05, 4.69) is 20.6 Å². The summed E-state index contributed by atoms with van der Waals surface area (Å²) in [6, 6.07) is 0. The third-order valence-electron chi connectivity index (χ3n) is 3.53. The quantitative estimate of drug-likeness (QED) is 0.715. The van der Waals surface area contributed by atoms with Gasteiger partial charge in [0.15, 0.2) is 11.5 Å². The molecule has 0 bridgehead atoms. The molecular weight excluding hydrogens is 313 g/mol. The van der Waals surface area contributed by atoms with Gasteiger partial charge >= 0.3 is 6.18 Å². The molecule has 1 saturated heterocycles. The van der Waals surface area contributed by atoms with E-state index in [0.29, 0.717) is 26.1 Å². The van der Waals surface area contributed by atoms with E-state index in [1.165, 1.54) is 0 Å². The number of carbonyl (C=O) groups excluding carboxylic acids is 1. The Balaban J connectivity index is 2.08. The molecule has 0 aliphatic carbocycles. The highest BCUT2D eigenvalue weighted by Gasteiger charge is 2.47. The van der Waals surface area contributed by atoms with Crippen LogP contribution in [-0.2, 0) is 15.7 Å². The van der Waals surface area contributed by atoms with Gasteiger partial charge in [-0.25, -0.2) is 4.98 Å². The zero-order chi connectivity index (χ0) is 15.3. The van der Waals surface area contributed by atoms with Gasteiger partial charge in [0.2, 0.25) is 11.2 Å². The van der Waals surface area contributed by atoms with Crippen molar-refractivity contribution in [2.45, 2.75) is 24.6 Å². The second-order valence-electron chi connectivity index (χ2n) is 4.84. The molecule has 3 rings (SSSR count). The zero-order valence-electron chi connectivity index (χ0n) is 10.6. The Morgan fingerprint density at radius 3 is 2.52 bits per heavy atom. The number of alkyl halides is 3. The van der Waals surface area contributed by atoms with Crippen molar-refractivity contribution >= 4 is 29.0 Å². The van der Waals surface area contributed by atoms with Gasteiger partial charge in [0.25, 0.3) is 0 Å². The number of rotatable bonds is 0. The summed E-state index contributed by atoms with van der Waals surface area (Å²) in [6.07, 6.45) is -4.08. The SMILES string of the molecule is O=C1Nc2c(nc(Cl)nc2C(F)(F)F)NC12CCOCC2. The number of carbonyl (C=O) groups is 1. The molecule has 1 spiro atoms. The van der Waals surface area contributed by atoms with Crippen molar-refractivity contribution in [3.05, 3.63) is 11.0 Å². The maximum Gasteiger partial charge on any atom is 0.435 e. The molecule has 6 nitrogen and oxygen atoms in total. The number of aromatic nitrogens is 2. The standard InChI is InChI=1S/C11H10ClF3N4O2/c12-9-17-6(11(13,14)15)5-7(18-9)19-10(8(20)16-5)1-3-21-4-2-10/h1-4H2,(H,16,20)(H,17,18,19). The highest BCUT2D eigenvalue weighted by molar-refractivity contribution is 6.28. The van der Waals surface area contributed by atoms with Gasteiger partial charge in [0, 0.05) is 26.1 Å². The molecule has 21 heavy (non-hydrogen) atoms. The van der Waals surface area contributed by atoms with E-state index in [-0.39, 0.29) is 5.82 Å². The minimum atomic E-state index is -4.74. The summed E-state index contributed by atoms with van der Waals surface area (Å²) in [5, 5.41) is 4.51. The number of hydrogen-bond donors (Lipinski definition) is 2. The van der Waals surface area contributed by atoms with E-state index < -0.39 is 34.3 Å². The molecule has 0 saturated carbocycles. The predicted molar refractivity (Wildman–Crippen MR) is 67.1 cm³/mol. The van der Waals surface area contributed by atoms with Gasteiger partial charge in [0.1, 0.15) is 11.2 Å². The highest BCUT2D eigenvalue weighted by Crippen LogP contribution is 2.42. The van der Waals surface area contributed by atoms with Gasteiger partial charge in [-0.15, -0.1) is 0 Å². The van der Waals surface area contributed by atoms with Crippen LogP contribution in [0.3, 0.4) is 0 Å². The largest absolute Gasteiger partial charge is 0.435 e. The second kappa shape index (κ2) is 4.70. The highest BCUT2D eigenvalue weighted by atomic mass is 35.5. The second-order valence-corrected chi connectivity index (χ2v) is 5.17. The molecule has 0 aromatic carbocycles. The van der Waals surface area contributed by atoms with Crippen LogP contribution in [0.4, 0.5) is 24.7 Å². The Labute approximate surface area is 122 Å². The van der Waals surface area contributed by atoms with E-state index in [1.54, 1.807) is 0 Å². The van der Waals surface area contributed by atoms with Crippen molar-refractivity contribution in [1.82, 2.24) is 9.97 Å². The lowest BCUT2D eigenvalue weighted by molar-refractivity contribution is -0.140. The van der Waals surface area contributed by atoms with Crippen molar-refractivity contribution < 1.29 is 22.7 Å². The summed E-state index contributed by atoms with van der Waals surface area (Å²) in [5.74, 6) is -0.668. The zero-order valence-corrected chi connectivity index (χ0v) is 11.3. The number of amides is 1. The van der Waals surface area contributed by atoms with Gasteiger partial charge in [-0.3, -0.25) is 4.79 Å². The topological polar surface area (TPSA) is 76.1 Å². The summed E-state index contributed by atoms with van der Waals surface area (Å²) < 4.78 is 44.1. The fourth-order valence-corrected chi connectivity index (χ4v) is 2.60. The smallest absolute Gasteiger partial charge is 0.381 e. The minimum Gasteiger partial charge on any atom is -0.381 e. The van der Waals surface area contributed by atoms with Crippen LogP contribution in [-0.4, -0.2) is 34.6 Å². The number of nitrogens with zero attached hydrogens (tertiary/aromatic N) is 2. The molecule has 114 valence electrons. The minimum absolute atomic E-state index is 0.121. The molecule has 1 amide bonds. The van der Waals surface area contributed by atoms with Crippen molar-refractivity contribution in [2.75, 3.05) is 23.8 Å². The number of nitrogens with one attached hydrogen (secondary N) is 2. The Morgan fingerprint density at radius 1 is 1.24 bits per heavy atom. The predicted octanol–water partition coefficient (Wildman–Crippen LogP) is 2.06. The first kappa shape index (κ1) is 14.3. The molecule has 0 unspecified atom stereocenters. The van der Waals surface area contributed by atoms with Crippen LogP contribution in [0, 0.1) is 0 Å². The van der Waals surface area contributed by atoms with Crippen LogP contribution in [0.25, 0.3) is 0 Å². The maximum atomic E-state index is 13.0. The maximum absolute atomic E-state index is 13.0. The Bertz CT molecular complexity index is 602. The Hall–Kier alpha value is -1.61. The average molecular weight is 323 g/mol. The first-order valence-corrected chi connectivity index (χ1v) is 6.52. The molecule has 1 aromatic rings. The van der Waals surface area contributed by atoms with E-state index in [9.17, 15) is 18.0 Å². The molecule has 1 fully saturated rings. The number of halogens is 4. The molecule has 1 aromatic heterocycles. The van der Waals surface area contributed by atoms with Crippen LogP contribution in [0.5, 0.6) is 0 Å². The summed E-state index contributed by atoms with van der Waals surface area (Å²) in [5.41, 5.74) is -2.78. The summed E-state index contributed by atoms with van der Waals surface area (Å²) in [6.45, 7) is 0.668. The van der Waals surface area contributed by atoms with Crippen molar-refractivity contribution in [2.24, 2.45) is 0 Å². The third-order valence-corrected chi connectivity index (χ3v) is 3.70. The summed E-state index contributed by atoms with van der Waals surface area (Å²) in [4.78, 5) is 19.1. The van der Waals surface area contributed by atoms with E-state index in [4.69, 9.17) is 16.3 Å². The Kier molecular flexibility index (Phi) is 3.21. The molecule has 3 heterocycles. The molecular formula is C11H10ClF3N4O2. The molecule has 0 atom stereocenters. The van der Waals surface area contributed by atoms with Crippen LogP contribution in [0.2, 0.25) is 5.28 Å². The molecule has 2 aliphatic heterocycles. The van der Waals surface area contributed by atoms with Gasteiger partial charge in [-0.2, -0.15) is 18.2 Å². The monoisotopic (exact) mass is 322 g/mol. The lowest BCUT2D eigenvalue weighted by Gasteiger charge is -2.40.